The van der Waals surface area contributed by atoms with Crippen LogP contribution in [0.1, 0.15) is 82.4 Å². The summed E-state index contributed by atoms with van der Waals surface area (Å²) in [6, 6.07) is 9.45. The molecule has 1 aromatic heterocycles. The van der Waals surface area contributed by atoms with Crippen molar-refractivity contribution in [1.29, 1.82) is 0 Å². The first kappa shape index (κ1) is 29.8. The summed E-state index contributed by atoms with van der Waals surface area (Å²) in [5, 5.41) is 2.11. The molecule has 0 bridgehead atoms. The third-order valence-corrected chi connectivity index (χ3v) is 8.60. The number of carbonyl (C=O) groups is 2. The first-order valence-corrected chi connectivity index (χ1v) is 14.5. The fraction of sp³-hybridized carbons (Fsp3) is 0.419. The van der Waals surface area contributed by atoms with E-state index >= 15 is 0 Å². The highest BCUT2D eigenvalue weighted by molar-refractivity contribution is 6.31. The average molecular weight is 601 g/mol. The molecule has 1 aliphatic heterocycles. The van der Waals surface area contributed by atoms with Gasteiger partial charge in [0.2, 0.25) is 0 Å². The van der Waals surface area contributed by atoms with Gasteiger partial charge in [-0.2, -0.15) is 13.2 Å². The Hall–Kier alpha value is -3.66. The number of hydrogen-bond acceptors (Lipinski definition) is 4. The van der Waals surface area contributed by atoms with Crippen molar-refractivity contribution in [2.75, 3.05) is 7.05 Å². The van der Waals surface area contributed by atoms with Crippen LogP contribution in [-0.4, -0.2) is 39.4 Å². The van der Waals surface area contributed by atoms with Gasteiger partial charge in [0, 0.05) is 36.2 Å². The molecule has 2 aromatic carbocycles. The number of halogens is 4. The highest BCUT2D eigenvalue weighted by atomic mass is 35.5. The molecule has 7 nitrogen and oxygen atoms in total. The molecule has 2 amide bonds. The Kier molecular flexibility index (Phi) is 8.46. The van der Waals surface area contributed by atoms with E-state index in [1.165, 1.54) is 17.4 Å². The number of aromatic nitrogens is 2. The van der Waals surface area contributed by atoms with Crippen LogP contribution in [0.2, 0.25) is 5.02 Å². The molecule has 0 radical (unpaired) electrons. The lowest BCUT2D eigenvalue weighted by Crippen LogP contribution is -2.46. The summed E-state index contributed by atoms with van der Waals surface area (Å²) in [6.07, 6.45) is 1.54. The molecule has 0 saturated heterocycles. The zero-order chi connectivity index (χ0) is 30.2. The maximum Gasteiger partial charge on any atom is 0.417 e. The van der Waals surface area contributed by atoms with Gasteiger partial charge < -0.3 is 10.2 Å². The minimum atomic E-state index is -4.70. The summed E-state index contributed by atoms with van der Waals surface area (Å²) in [5.74, 6) is 0.114. The Morgan fingerprint density at radius 1 is 1.05 bits per heavy atom. The topological polar surface area (TPSA) is 84.3 Å². The van der Waals surface area contributed by atoms with Gasteiger partial charge in [0.05, 0.1) is 28.5 Å². The molecule has 222 valence electrons. The number of nitrogens with zero attached hydrogens (tertiary/aromatic N) is 3. The lowest BCUT2D eigenvalue weighted by molar-refractivity contribution is -0.137. The van der Waals surface area contributed by atoms with E-state index in [0.717, 1.165) is 37.8 Å². The van der Waals surface area contributed by atoms with E-state index < -0.39 is 28.7 Å². The molecule has 2 heterocycles. The van der Waals surface area contributed by atoms with Crippen LogP contribution in [0.4, 0.5) is 13.2 Å². The van der Waals surface area contributed by atoms with Crippen molar-refractivity contribution in [2.45, 2.75) is 70.6 Å². The molecule has 1 unspecified atom stereocenters. The molecular weight excluding hydrogens is 569 g/mol. The Bertz CT molecular complexity index is 1560. The van der Waals surface area contributed by atoms with Gasteiger partial charge in [-0.05, 0) is 61.7 Å². The van der Waals surface area contributed by atoms with Gasteiger partial charge in [0.15, 0.2) is 0 Å². The predicted molar refractivity (Wildman–Crippen MR) is 153 cm³/mol. The highest BCUT2D eigenvalue weighted by Crippen LogP contribution is 2.36. The minimum absolute atomic E-state index is 0.00265. The molecule has 3 aromatic rings. The number of amides is 2. The molecule has 5 rings (SSSR count). The van der Waals surface area contributed by atoms with E-state index in [0.29, 0.717) is 40.7 Å². The summed E-state index contributed by atoms with van der Waals surface area (Å²) in [5.41, 5.74) is 0.561. The van der Waals surface area contributed by atoms with Gasteiger partial charge in [0.25, 0.3) is 17.4 Å². The van der Waals surface area contributed by atoms with Crippen molar-refractivity contribution >= 4 is 23.4 Å². The zero-order valence-electron chi connectivity index (χ0n) is 23.4. The summed E-state index contributed by atoms with van der Waals surface area (Å²) in [7, 11) is 1.55. The van der Waals surface area contributed by atoms with Crippen LogP contribution in [0.15, 0.2) is 47.3 Å². The molecule has 1 aliphatic carbocycles. The van der Waals surface area contributed by atoms with E-state index in [1.54, 1.807) is 42.8 Å². The van der Waals surface area contributed by atoms with Crippen LogP contribution in [0, 0.1) is 5.92 Å². The molecule has 0 spiro atoms. The Balaban J connectivity index is 1.54. The van der Waals surface area contributed by atoms with Crippen molar-refractivity contribution in [3.63, 3.8) is 0 Å². The van der Waals surface area contributed by atoms with Crippen LogP contribution in [0.25, 0.3) is 5.69 Å². The van der Waals surface area contributed by atoms with Crippen LogP contribution >= 0.6 is 11.6 Å². The van der Waals surface area contributed by atoms with Gasteiger partial charge in [-0.25, -0.2) is 4.98 Å². The number of nitrogens with one attached hydrogen (secondary N) is 1. The van der Waals surface area contributed by atoms with E-state index in [-0.39, 0.29) is 30.0 Å². The van der Waals surface area contributed by atoms with Gasteiger partial charge in [-0.15, -0.1) is 0 Å². The fourth-order valence-electron chi connectivity index (χ4n) is 5.98. The van der Waals surface area contributed by atoms with Gasteiger partial charge in [0.1, 0.15) is 5.82 Å². The maximum absolute atomic E-state index is 14.0. The van der Waals surface area contributed by atoms with Crippen molar-refractivity contribution in [1.82, 2.24) is 19.8 Å². The molecule has 42 heavy (non-hydrogen) atoms. The third-order valence-electron chi connectivity index (χ3n) is 8.27. The second-order valence-corrected chi connectivity index (χ2v) is 11.5. The summed E-state index contributed by atoms with van der Waals surface area (Å²) < 4.78 is 42.0. The highest BCUT2D eigenvalue weighted by Gasteiger charge is 2.36. The van der Waals surface area contributed by atoms with Crippen LogP contribution in [0.5, 0.6) is 0 Å². The van der Waals surface area contributed by atoms with E-state index in [4.69, 9.17) is 16.6 Å². The van der Waals surface area contributed by atoms with Crippen molar-refractivity contribution in [3.05, 3.63) is 91.6 Å². The molecule has 2 aliphatic rings. The standard InChI is InChI=1S/C31H32ClF3N4O3/c1-18-14-23-26(17-38(18)29(41)21-10-13-25(32)24(16-21)31(33,34)35)37-27(15-19-6-4-3-5-7-19)39(30(23)42)22-11-8-20(9-12-22)28(40)36-2/h8-13,16,18-19H,3-7,14-15,17H2,1-2H3,(H,36,40). The van der Waals surface area contributed by atoms with Crippen LogP contribution in [0.3, 0.4) is 0 Å². The quantitative estimate of drug-likeness (QED) is 0.391. The number of alkyl halides is 3. The van der Waals surface area contributed by atoms with Gasteiger partial charge >= 0.3 is 6.18 Å². The number of hydrogen-bond donors (Lipinski definition) is 1. The zero-order valence-corrected chi connectivity index (χ0v) is 24.2. The normalized spacial score (nSPS) is 17.6. The number of benzene rings is 2. The second-order valence-electron chi connectivity index (χ2n) is 11.1. The van der Waals surface area contributed by atoms with E-state index in [9.17, 15) is 27.6 Å². The molecule has 1 N–H and O–H groups in total. The monoisotopic (exact) mass is 600 g/mol. The average Bonchev–Trinajstić information content (AvgIpc) is 2.97. The van der Waals surface area contributed by atoms with Crippen molar-refractivity contribution in [3.8, 4) is 5.69 Å². The van der Waals surface area contributed by atoms with Gasteiger partial charge in [-0.1, -0.05) is 43.7 Å². The molecule has 11 heteroatoms. The summed E-state index contributed by atoms with van der Waals surface area (Å²) in [6.45, 7) is 1.77. The molecule has 1 atom stereocenters. The Labute approximate surface area is 246 Å². The van der Waals surface area contributed by atoms with Gasteiger partial charge in [-0.3, -0.25) is 19.0 Å². The predicted octanol–water partition coefficient (Wildman–Crippen LogP) is 5.97. The van der Waals surface area contributed by atoms with Crippen molar-refractivity contribution < 1.29 is 22.8 Å². The third kappa shape index (κ3) is 5.95. The first-order chi connectivity index (χ1) is 20.0. The summed E-state index contributed by atoms with van der Waals surface area (Å²) >= 11 is 5.77. The smallest absolute Gasteiger partial charge is 0.355 e. The first-order valence-electron chi connectivity index (χ1n) is 14.1. The number of fused-ring (bicyclic) bond motifs is 1. The number of rotatable bonds is 5. The lowest BCUT2D eigenvalue weighted by Gasteiger charge is -2.35. The van der Waals surface area contributed by atoms with Crippen molar-refractivity contribution in [2.24, 2.45) is 5.92 Å². The maximum atomic E-state index is 14.0. The Morgan fingerprint density at radius 3 is 2.36 bits per heavy atom. The summed E-state index contributed by atoms with van der Waals surface area (Å²) in [4.78, 5) is 46.0. The van der Waals surface area contributed by atoms with E-state index in [1.807, 2.05) is 0 Å². The second kappa shape index (κ2) is 11.9. The van der Waals surface area contributed by atoms with Crippen LogP contribution < -0.4 is 10.9 Å². The lowest BCUT2D eigenvalue weighted by atomic mass is 9.86. The van der Waals surface area contributed by atoms with Crippen LogP contribution in [-0.2, 0) is 25.6 Å². The van der Waals surface area contributed by atoms with E-state index in [2.05, 4.69) is 5.32 Å². The fourth-order valence-corrected chi connectivity index (χ4v) is 6.20. The molecule has 1 fully saturated rings. The SMILES string of the molecule is CNC(=O)c1ccc(-n2c(CC3CCCCC3)nc3c(c2=O)CC(C)N(C(=O)c2ccc(Cl)c(C(F)(F)F)c2)C3)cc1. The molecular formula is C31H32ClF3N4O3. The Morgan fingerprint density at radius 2 is 1.71 bits per heavy atom. The minimum Gasteiger partial charge on any atom is -0.355 e. The molecule has 1 saturated carbocycles. The number of carbonyl (C=O) groups excluding carboxylic acids is 2. The largest absolute Gasteiger partial charge is 0.417 e.